The molecule has 2 fully saturated rings. The van der Waals surface area contributed by atoms with Crippen LogP contribution in [-0.2, 0) is 19.7 Å². The van der Waals surface area contributed by atoms with Crippen LogP contribution < -0.4 is 31.6 Å². The Hall–Kier alpha value is -3.60. The predicted octanol–water partition coefficient (Wildman–Crippen LogP) is 2.96. The Morgan fingerprint density at radius 2 is 1.57 bits per heavy atom. The van der Waals surface area contributed by atoms with Gasteiger partial charge in [0.25, 0.3) is 11.8 Å². The fourth-order valence-corrected chi connectivity index (χ4v) is 4.64. The number of nitrogens with one attached hydrogen (secondary N) is 2. The van der Waals surface area contributed by atoms with Crippen LogP contribution in [0.4, 0.5) is 11.4 Å². The number of anilines is 2. The Kier molecular flexibility index (Phi) is 3.70. The van der Waals surface area contributed by atoms with Gasteiger partial charge in [-0.25, -0.2) is 16.8 Å². The van der Waals surface area contributed by atoms with Gasteiger partial charge in [0.2, 0.25) is 0 Å². The third-order valence-corrected chi connectivity index (χ3v) is 7.83. The van der Waals surface area contributed by atoms with E-state index in [4.69, 9.17) is 74.4 Å². The average molecular weight is 803 g/mol. The SMILES string of the molecule is [2H]c1c(N)c(S(=O)(=O)C([2H])([2H])C([2H])([2H])[2H])c([2H])c(C(=O)NC([2H])([2H])C2([2H])N(C([2H])([2H])C([2H])([2H])[2H])C([2H])([2H])C([2H])([2H])C2([2H])[2H])c1OC([2H])([2H])[2H].[2H]c1c(OC([2H])([2H])[2H])c(C(=O)N([2H])C([2H])([2H])C2([2H])N(C([2H])([2H])C([2H])([2H])[2H])C([2H])(C)C([2H])([2H])C2([2H])[2H])c([2H])c(S(=O)(=O)C([2H])([2H])C([2H])([2H])[2H])c1N([2H])[2H]. The van der Waals surface area contributed by atoms with Crippen molar-refractivity contribution in [1.29, 1.82) is 0 Å². The lowest BCUT2D eigenvalue weighted by atomic mass is 10.1. The number of carbonyl (C=O) groups excluding carboxylic acids is 2. The van der Waals surface area contributed by atoms with Crippen LogP contribution in [0.1, 0.15) is 145 Å². The van der Waals surface area contributed by atoms with E-state index in [1.54, 1.807) is 0 Å². The normalized spacial score (nSPS) is 46.4. The van der Waals surface area contributed by atoms with Gasteiger partial charge in [0.05, 0.1) is 77.0 Å². The van der Waals surface area contributed by atoms with E-state index < -0.39 is 249 Å². The number of methoxy groups -OCH3 is 2. The van der Waals surface area contributed by atoms with Crippen molar-refractivity contribution in [3.8, 4) is 11.5 Å². The number of hydrogen-bond donors (Lipinski definition) is 4. The molecule has 0 aliphatic carbocycles. The maximum atomic E-state index is 14.0. The molecule has 0 saturated carbocycles. The van der Waals surface area contributed by atoms with Crippen molar-refractivity contribution < 1.29 is 105 Å². The van der Waals surface area contributed by atoms with E-state index in [2.05, 4.69) is 9.47 Å². The van der Waals surface area contributed by atoms with Gasteiger partial charge in [-0.3, -0.25) is 19.4 Å². The van der Waals surface area contributed by atoms with Gasteiger partial charge in [-0.05, 0) is 64.0 Å². The molecular weight excluding hydrogens is 697 g/mol. The van der Waals surface area contributed by atoms with Gasteiger partial charge in [0, 0.05) is 88.4 Å². The zero-order valence-electron chi connectivity index (χ0n) is 74.9. The molecule has 0 aromatic heterocycles. The Bertz CT molecular complexity index is 3840. The number of benzene rings is 2. The quantitative estimate of drug-likeness (QED) is 0.192. The largest absolute Gasteiger partial charge is 0.496 e. The van der Waals surface area contributed by atoms with Gasteiger partial charge in [-0.15, -0.1) is 0 Å². The van der Waals surface area contributed by atoms with Crippen molar-refractivity contribution in [2.45, 2.75) is 87.7 Å². The first-order chi connectivity index (χ1) is 43.5. The molecule has 2 amide bonds. The summed E-state index contributed by atoms with van der Waals surface area (Å²) in [5.74, 6) is -8.56. The molecule has 16 heteroatoms. The Morgan fingerprint density at radius 1 is 0.941 bits per heavy atom. The molecule has 2 aliphatic heterocycles. The Morgan fingerprint density at radius 3 is 2.18 bits per heavy atom. The monoisotopic (exact) mass is 803 g/mol. The molecule has 3 atom stereocenters. The number of rotatable bonds is 15. The summed E-state index contributed by atoms with van der Waals surface area (Å²) in [6.45, 7) is -37.9. The van der Waals surface area contributed by atoms with Gasteiger partial charge >= 0.3 is 0 Å². The fraction of sp³-hybridized carbons (Fsp3) is 0.600. The second kappa shape index (κ2) is 18.2. The number of nitrogens with zero attached hydrogens (tertiary/aromatic N) is 2. The molecule has 2 aliphatic rings. The van der Waals surface area contributed by atoms with Crippen molar-refractivity contribution in [1.82, 2.24) is 20.4 Å². The van der Waals surface area contributed by atoms with Crippen molar-refractivity contribution in [3.05, 3.63) is 35.3 Å². The molecule has 2 aromatic carbocycles. The number of hydrogen-bond acceptors (Lipinski definition) is 12. The molecule has 286 valence electrons. The van der Waals surface area contributed by atoms with E-state index >= 15 is 0 Å². The minimum absolute atomic E-state index is 0.343. The van der Waals surface area contributed by atoms with Gasteiger partial charge in [-0.2, -0.15) is 0 Å². The smallest absolute Gasteiger partial charge is 0.255 e. The maximum Gasteiger partial charge on any atom is 0.255 e. The molecule has 0 bridgehead atoms. The van der Waals surface area contributed by atoms with Crippen LogP contribution in [-0.4, -0.2) is 114 Å². The van der Waals surface area contributed by atoms with Gasteiger partial charge in [0.15, 0.2) is 23.9 Å². The molecule has 3 unspecified atom stereocenters. The summed E-state index contributed by atoms with van der Waals surface area (Å²) in [7, 11) is -20.0. The van der Waals surface area contributed by atoms with Crippen LogP contribution in [0.3, 0.4) is 0 Å². The van der Waals surface area contributed by atoms with E-state index in [1.807, 2.05) is 0 Å². The van der Waals surface area contributed by atoms with Crippen molar-refractivity contribution >= 4 is 42.9 Å². The van der Waals surface area contributed by atoms with Crippen LogP contribution in [0.15, 0.2) is 34.0 Å². The Labute approximate surface area is 373 Å². The summed E-state index contributed by atoms with van der Waals surface area (Å²) >= 11 is 0. The summed E-state index contributed by atoms with van der Waals surface area (Å²) in [6.07, 6.45) is -16.8. The lowest BCUT2D eigenvalue weighted by Crippen LogP contribution is -2.42. The lowest BCUT2D eigenvalue weighted by Gasteiger charge is -2.27. The number of nitrogen functional groups attached to an aromatic ring is 2. The fourth-order valence-electron chi connectivity index (χ4n) is 3.32. The van der Waals surface area contributed by atoms with E-state index in [1.165, 1.54) is 0 Å². The number of sulfone groups is 2. The molecule has 0 spiro atoms. The minimum atomic E-state index is -6.36. The highest BCUT2D eigenvalue weighted by Gasteiger charge is 2.30. The minimum Gasteiger partial charge on any atom is -0.496 e. The Balaban J connectivity index is 0.000000526. The van der Waals surface area contributed by atoms with Gasteiger partial charge in [0.1, 0.15) is 11.5 Å². The summed E-state index contributed by atoms with van der Waals surface area (Å²) in [6, 6.07) is -20.3. The van der Waals surface area contributed by atoms with E-state index in [0.29, 0.717) is 6.92 Å². The first-order valence-corrected chi connectivity index (χ1v) is 15.5. The molecule has 2 heterocycles. The van der Waals surface area contributed by atoms with Crippen molar-refractivity contribution in [3.63, 3.8) is 0 Å². The number of ether oxygens (including phenoxy) is 2. The van der Waals surface area contributed by atoms with Crippen LogP contribution in [0.25, 0.3) is 0 Å². The van der Waals surface area contributed by atoms with Crippen LogP contribution in [0, 0.1) is 0 Å². The highest BCUT2D eigenvalue weighted by Crippen LogP contribution is 2.31. The van der Waals surface area contributed by atoms with Gasteiger partial charge in [-0.1, -0.05) is 27.4 Å². The number of nitrogens with two attached hydrogens (primary N) is 2. The average Bonchev–Trinajstić information content (AvgIpc) is 1.50. The topological polar surface area (TPSA) is 203 Å². The second-order valence-electron chi connectivity index (χ2n) is 8.64. The molecule has 2 saturated heterocycles. The molecule has 2 aromatic rings. The third kappa shape index (κ3) is 10.1. The number of amides is 2. The van der Waals surface area contributed by atoms with Crippen LogP contribution in [0.2, 0.25) is 4.24 Å². The summed E-state index contributed by atoms with van der Waals surface area (Å²) in [4.78, 5) is 21.9. The number of likely N-dealkylation sites (N-methyl/N-ethyl adjacent to an activating group) is 2. The standard InChI is InChI=1S/C18H29N3O4S.C17H27N3O4S/c1-5-21-12(3)7-8-13(21)11-20-18(22)14-9-17(26(23,24)6-2)15(19)10-16(14)25-4;1-4-20-8-6-7-12(20)11-19-17(21)13-9-16(25(22,23)5-2)14(18)10-15(13)24-3/h9-10,12-13H,5-8,11,19H2,1-4H3,(H,20,22);9-10,12H,4-8,11,18H2,1-3H3,(H,19,21)/i1D3,2D3,4D3,5D2,6D2,7D2,8D2,9D,10D,11D2,12D,13D;1D3,2D3,3D3,4D2,5D2,6D2,7D2,8D2,9D,10D,11D2,12D/hD3. The highest BCUT2D eigenvalue weighted by atomic mass is 32.2. The highest BCUT2D eigenvalue weighted by molar-refractivity contribution is 7.91. The zero-order chi connectivity index (χ0) is 81.5. The molecule has 51 heavy (non-hydrogen) atoms. The molecule has 0 radical (unpaired) electrons. The summed E-state index contributed by atoms with van der Waals surface area (Å²) < 4.78 is 459. The van der Waals surface area contributed by atoms with Crippen LogP contribution >= 0.6 is 0 Å². The van der Waals surface area contributed by atoms with Gasteiger partial charge < -0.3 is 31.6 Å². The first kappa shape index (κ1) is 10.3. The first-order valence-electron chi connectivity index (χ1n) is 37.4. The van der Waals surface area contributed by atoms with Crippen molar-refractivity contribution in [2.75, 3.05) is 69.4 Å². The summed E-state index contributed by atoms with van der Waals surface area (Å²) in [5, 5.41) is -0.110. The van der Waals surface area contributed by atoms with E-state index in [-0.39, 0.29) is 0 Å². The number of carbonyl (C=O) groups is 2. The third-order valence-electron chi connectivity index (χ3n) is 5.60. The predicted molar refractivity (Wildman–Crippen MR) is 200 cm³/mol. The lowest BCUT2D eigenvalue weighted by molar-refractivity contribution is 0.0928. The summed E-state index contributed by atoms with van der Waals surface area (Å²) in [5.41, 5.74) is -11.4. The number of likely N-dealkylation sites (tertiary alicyclic amines) is 2. The maximum absolute atomic E-state index is 14.0. The molecule has 6 N–H and O–H groups in total. The molecule has 4 rings (SSSR count). The van der Waals surface area contributed by atoms with Crippen LogP contribution in [0.5, 0.6) is 11.5 Å². The zero-order valence-corrected chi connectivity index (χ0v) is 26.6. The molecular formula is C35H56N6O8S2. The van der Waals surface area contributed by atoms with Crippen molar-refractivity contribution in [2.24, 2.45) is 0 Å². The second-order valence-corrected chi connectivity index (χ2v) is 11.9. The molecule has 14 nitrogen and oxygen atoms in total. The van der Waals surface area contributed by atoms with E-state index in [0.717, 1.165) is 5.32 Å². The van der Waals surface area contributed by atoms with E-state index in [9.17, 15) is 26.4 Å².